The van der Waals surface area contributed by atoms with E-state index in [-0.39, 0.29) is 6.04 Å². The van der Waals surface area contributed by atoms with Gasteiger partial charge in [0.15, 0.2) is 0 Å². The first-order chi connectivity index (χ1) is 9.50. The van der Waals surface area contributed by atoms with E-state index in [9.17, 15) is 4.79 Å². The van der Waals surface area contributed by atoms with Gasteiger partial charge in [0.2, 0.25) is 0 Å². The fraction of sp³-hybridized carbons (Fsp3) is 0.286. The number of primary amides is 1. The van der Waals surface area contributed by atoms with E-state index < -0.39 is 5.91 Å². The van der Waals surface area contributed by atoms with Crippen LogP contribution in [0.2, 0.25) is 0 Å². The molecule has 6 nitrogen and oxygen atoms in total. The maximum absolute atomic E-state index is 11.5. The van der Waals surface area contributed by atoms with Gasteiger partial charge in [0, 0.05) is 19.6 Å². The highest BCUT2D eigenvalue weighted by Crippen LogP contribution is 2.19. The molecule has 0 saturated heterocycles. The second-order valence-electron chi connectivity index (χ2n) is 4.69. The number of aromatic nitrogens is 2. The summed E-state index contributed by atoms with van der Waals surface area (Å²) in [6, 6.07) is 9.59. The molecule has 1 heterocycles. The largest absolute Gasteiger partial charge is 0.368 e. The summed E-state index contributed by atoms with van der Waals surface area (Å²) in [5.41, 5.74) is 13.5. The summed E-state index contributed by atoms with van der Waals surface area (Å²) >= 11 is 0. The molecule has 1 aromatic carbocycles. The topological polar surface area (TPSA) is 99.0 Å². The van der Waals surface area contributed by atoms with Gasteiger partial charge in [-0.15, -0.1) is 0 Å². The van der Waals surface area contributed by atoms with Crippen LogP contribution in [0.1, 0.15) is 27.7 Å². The van der Waals surface area contributed by atoms with Gasteiger partial charge in [-0.1, -0.05) is 30.3 Å². The molecular weight excluding hydrogens is 254 g/mol. The number of nitrogens with two attached hydrogens (primary N) is 2. The first kappa shape index (κ1) is 14.1. The lowest BCUT2D eigenvalue weighted by Crippen LogP contribution is -2.23. The third-order valence-corrected chi connectivity index (χ3v) is 3.19. The van der Waals surface area contributed by atoms with Gasteiger partial charge in [0.25, 0.3) is 5.91 Å². The third-order valence-electron chi connectivity index (χ3n) is 3.19. The van der Waals surface area contributed by atoms with Crippen LogP contribution in [0.4, 0.5) is 5.82 Å². The van der Waals surface area contributed by atoms with Crippen LogP contribution >= 0.6 is 0 Å². The Hall–Kier alpha value is -2.34. The molecule has 0 aliphatic rings. The van der Waals surface area contributed by atoms with E-state index in [1.807, 2.05) is 30.3 Å². The average Bonchev–Trinajstić information content (AvgIpc) is 2.71. The van der Waals surface area contributed by atoms with Crippen LogP contribution in [0, 0.1) is 6.92 Å². The first-order valence-electron chi connectivity index (χ1n) is 6.38. The van der Waals surface area contributed by atoms with E-state index in [4.69, 9.17) is 11.5 Å². The minimum Gasteiger partial charge on any atom is -0.368 e. The molecule has 20 heavy (non-hydrogen) atoms. The van der Waals surface area contributed by atoms with Gasteiger partial charge < -0.3 is 16.8 Å². The van der Waals surface area contributed by atoms with Crippen molar-refractivity contribution in [3.05, 3.63) is 47.2 Å². The molecule has 1 unspecified atom stereocenters. The quantitative estimate of drug-likeness (QED) is 0.755. The number of carbonyl (C=O) groups excluding carboxylic acids is 1. The smallest absolute Gasteiger partial charge is 0.254 e. The Bertz CT molecular complexity index is 606. The Labute approximate surface area is 117 Å². The number of carbonyl (C=O) groups is 1. The number of rotatable bonds is 5. The van der Waals surface area contributed by atoms with E-state index in [0.717, 1.165) is 5.56 Å². The molecule has 0 aliphatic heterocycles. The molecule has 0 radical (unpaired) electrons. The van der Waals surface area contributed by atoms with Crippen LogP contribution in [0.3, 0.4) is 0 Å². The van der Waals surface area contributed by atoms with Crippen LogP contribution in [-0.2, 0) is 7.05 Å². The number of nitrogens with one attached hydrogen (secondary N) is 1. The number of anilines is 1. The summed E-state index contributed by atoms with van der Waals surface area (Å²) in [5.74, 6) is 0.104. The van der Waals surface area contributed by atoms with Crippen molar-refractivity contribution in [3.63, 3.8) is 0 Å². The minimum atomic E-state index is -0.494. The zero-order valence-electron chi connectivity index (χ0n) is 11.6. The molecule has 0 aliphatic carbocycles. The molecule has 2 rings (SSSR count). The Kier molecular flexibility index (Phi) is 4.05. The van der Waals surface area contributed by atoms with Crippen molar-refractivity contribution in [1.29, 1.82) is 0 Å². The highest BCUT2D eigenvalue weighted by Gasteiger charge is 2.18. The first-order valence-corrected chi connectivity index (χ1v) is 6.38. The Balaban J connectivity index is 2.14. The van der Waals surface area contributed by atoms with Gasteiger partial charge in [-0.25, -0.2) is 0 Å². The van der Waals surface area contributed by atoms with Crippen molar-refractivity contribution in [2.45, 2.75) is 13.0 Å². The number of hydrogen-bond acceptors (Lipinski definition) is 4. The third kappa shape index (κ3) is 2.80. The van der Waals surface area contributed by atoms with Crippen molar-refractivity contribution in [2.24, 2.45) is 18.5 Å². The monoisotopic (exact) mass is 273 g/mol. The van der Waals surface area contributed by atoms with Crippen LogP contribution < -0.4 is 16.8 Å². The average molecular weight is 273 g/mol. The van der Waals surface area contributed by atoms with Crippen molar-refractivity contribution in [1.82, 2.24) is 9.78 Å². The lowest BCUT2D eigenvalue weighted by molar-refractivity contribution is 0.100. The molecule has 1 atom stereocenters. The van der Waals surface area contributed by atoms with Gasteiger partial charge in [-0.05, 0) is 12.5 Å². The van der Waals surface area contributed by atoms with Gasteiger partial charge in [0.05, 0.1) is 5.69 Å². The maximum Gasteiger partial charge on any atom is 0.254 e. The van der Waals surface area contributed by atoms with Crippen LogP contribution in [0.5, 0.6) is 0 Å². The Morgan fingerprint density at radius 2 is 2.05 bits per heavy atom. The predicted octanol–water partition coefficient (Wildman–Crippen LogP) is 0.939. The number of hydrogen-bond donors (Lipinski definition) is 3. The fourth-order valence-corrected chi connectivity index (χ4v) is 2.18. The molecule has 0 bridgehead atoms. The zero-order chi connectivity index (χ0) is 14.7. The van der Waals surface area contributed by atoms with Crippen molar-refractivity contribution in [3.8, 4) is 0 Å². The second-order valence-corrected chi connectivity index (χ2v) is 4.69. The van der Waals surface area contributed by atoms with E-state index in [2.05, 4.69) is 10.4 Å². The number of nitrogens with zero attached hydrogens (tertiary/aromatic N) is 2. The Morgan fingerprint density at radius 1 is 1.40 bits per heavy atom. The summed E-state index contributed by atoms with van der Waals surface area (Å²) in [4.78, 5) is 11.5. The molecular formula is C14H19N5O. The summed E-state index contributed by atoms with van der Waals surface area (Å²) in [5, 5.41) is 7.35. The number of aryl methyl sites for hydroxylation is 2. The maximum atomic E-state index is 11.5. The number of amides is 1. The van der Waals surface area contributed by atoms with E-state index in [1.54, 1.807) is 18.7 Å². The summed E-state index contributed by atoms with van der Waals surface area (Å²) in [7, 11) is 1.76. The summed E-state index contributed by atoms with van der Waals surface area (Å²) in [6.45, 7) is 2.24. The lowest BCUT2D eigenvalue weighted by Gasteiger charge is -2.14. The van der Waals surface area contributed by atoms with Gasteiger partial charge in [0.1, 0.15) is 11.4 Å². The van der Waals surface area contributed by atoms with E-state index in [0.29, 0.717) is 23.6 Å². The van der Waals surface area contributed by atoms with Crippen molar-refractivity contribution in [2.75, 3.05) is 11.9 Å². The highest BCUT2D eigenvalue weighted by atomic mass is 16.1. The molecule has 5 N–H and O–H groups in total. The molecule has 6 heteroatoms. The van der Waals surface area contributed by atoms with E-state index in [1.165, 1.54) is 0 Å². The summed E-state index contributed by atoms with van der Waals surface area (Å²) < 4.78 is 1.60. The second kappa shape index (κ2) is 5.75. The summed E-state index contributed by atoms with van der Waals surface area (Å²) in [6.07, 6.45) is 0. The van der Waals surface area contributed by atoms with Crippen molar-refractivity contribution < 1.29 is 4.79 Å². The van der Waals surface area contributed by atoms with Crippen LogP contribution in [0.25, 0.3) is 0 Å². The fourth-order valence-electron chi connectivity index (χ4n) is 2.18. The molecule has 2 aromatic rings. The number of benzene rings is 1. The molecule has 1 amide bonds. The van der Waals surface area contributed by atoms with Gasteiger partial charge in [-0.3, -0.25) is 9.48 Å². The molecule has 0 fully saturated rings. The van der Waals surface area contributed by atoms with Crippen LogP contribution in [-0.4, -0.2) is 22.2 Å². The molecule has 1 aromatic heterocycles. The van der Waals surface area contributed by atoms with Crippen molar-refractivity contribution >= 4 is 11.7 Å². The SMILES string of the molecule is Cc1nn(C)c(NCC(N)c2ccccc2)c1C(N)=O. The van der Waals surface area contributed by atoms with E-state index >= 15 is 0 Å². The molecule has 106 valence electrons. The zero-order valence-corrected chi connectivity index (χ0v) is 11.6. The normalized spacial score (nSPS) is 12.2. The Morgan fingerprint density at radius 3 is 2.65 bits per heavy atom. The highest BCUT2D eigenvalue weighted by molar-refractivity contribution is 5.98. The predicted molar refractivity (Wildman–Crippen MR) is 78.3 cm³/mol. The minimum absolute atomic E-state index is 0.174. The molecule has 0 spiro atoms. The van der Waals surface area contributed by atoms with Gasteiger partial charge >= 0.3 is 0 Å². The molecule has 0 saturated carbocycles. The lowest BCUT2D eigenvalue weighted by atomic mass is 10.1. The van der Waals surface area contributed by atoms with Crippen LogP contribution in [0.15, 0.2) is 30.3 Å². The standard InChI is InChI=1S/C14H19N5O/c1-9-12(13(16)20)14(19(2)18-9)17-8-11(15)10-6-4-3-5-7-10/h3-7,11,17H,8,15H2,1-2H3,(H2,16,20). The van der Waals surface area contributed by atoms with Gasteiger partial charge in [-0.2, -0.15) is 5.10 Å².